The van der Waals surface area contributed by atoms with Crippen LogP contribution in [0.3, 0.4) is 0 Å². The van der Waals surface area contributed by atoms with Crippen molar-refractivity contribution in [2.75, 3.05) is 19.0 Å². The fourth-order valence-corrected chi connectivity index (χ4v) is 2.03. The molecule has 0 fully saturated rings. The van der Waals surface area contributed by atoms with E-state index in [9.17, 15) is 0 Å². The van der Waals surface area contributed by atoms with Gasteiger partial charge < -0.3 is 14.6 Å². The van der Waals surface area contributed by atoms with Crippen molar-refractivity contribution in [3.63, 3.8) is 0 Å². The van der Waals surface area contributed by atoms with Crippen LogP contribution in [0.5, 0.6) is 0 Å². The summed E-state index contributed by atoms with van der Waals surface area (Å²) in [5.74, 6) is 0.952. The van der Waals surface area contributed by atoms with Crippen LogP contribution in [0.2, 0.25) is 0 Å². The lowest BCUT2D eigenvalue weighted by atomic mass is 10.2. The van der Waals surface area contributed by atoms with E-state index < -0.39 is 0 Å². The van der Waals surface area contributed by atoms with E-state index in [4.69, 9.17) is 4.74 Å². The summed E-state index contributed by atoms with van der Waals surface area (Å²) in [6.07, 6.45) is 4.47. The normalized spacial score (nSPS) is 14.6. The molecule has 0 aliphatic heterocycles. The van der Waals surface area contributed by atoms with Crippen molar-refractivity contribution in [1.29, 1.82) is 0 Å². The smallest absolute Gasteiger partial charge is 0.203 e. The molecule has 0 aliphatic carbocycles. The molecule has 0 aromatic carbocycles. The monoisotopic (exact) mass is 239 g/mol. The van der Waals surface area contributed by atoms with Crippen LogP contribution < -0.4 is 5.32 Å². The van der Waals surface area contributed by atoms with Crippen LogP contribution in [0.15, 0.2) is 6.20 Å². The summed E-state index contributed by atoms with van der Waals surface area (Å²) in [7, 11) is 1.72. The molecule has 1 aromatic rings. The highest BCUT2D eigenvalue weighted by atomic mass is 16.5. The molecule has 2 unspecified atom stereocenters. The fourth-order valence-electron chi connectivity index (χ4n) is 2.03. The van der Waals surface area contributed by atoms with Crippen LogP contribution in [0.1, 0.15) is 45.3 Å². The van der Waals surface area contributed by atoms with Crippen LogP contribution >= 0.6 is 0 Å². The molecule has 1 rings (SSSR count). The summed E-state index contributed by atoms with van der Waals surface area (Å²) in [4.78, 5) is 4.53. The predicted molar refractivity (Wildman–Crippen MR) is 71.5 cm³/mol. The molecule has 0 spiro atoms. The van der Waals surface area contributed by atoms with Gasteiger partial charge in [-0.05, 0) is 27.2 Å². The maximum atomic E-state index is 5.13. The second-order valence-electron chi connectivity index (χ2n) is 4.75. The van der Waals surface area contributed by atoms with Gasteiger partial charge in [0.2, 0.25) is 5.95 Å². The number of hydrogen-bond donors (Lipinski definition) is 1. The van der Waals surface area contributed by atoms with E-state index in [0.717, 1.165) is 11.6 Å². The van der Waals surface area contributed by atoms with E-state index in [-0.39, 0.29) is 6.04 Å². The Morgan fingerprint density at radius 2 is 2.18 bits per heavy atom. The maximum absolute atomic E-state index is 5.13. The third-order valence-electron chi connectivity index (χ3n) is 2.83. The molecule has 1 N–H and O–H groups in total. The molecule has 0 saturated heterocycles. The summed E-state index contributed by atoms with van der Waals surface area (Å²) in [6, 6.07) is 0.757. The first-order valence-corrected chi connectivity index (χ1v) is 6.39. The zero-order valence-corrected chi connectivity index (χ0v) is 11.7. The molecule has 1 aromatic heterocycles. The first kappa shape index (κ1) is 14.0. The van der Waals surface area contributed by atoms with E-state index in [1.54, 1.807) is 7.11 Å². The van der Waals surface area contributed by atoms with Gasteiger partial charge in [-0.25, -0.2) is 4.98 Å². The average molecular weight is 239 g/mol. The van der Waals surface area contributed by atoms with Gasteiger partial charge in [0.05, 0.1) is 12.3 Å². The van der Waals surface area contributed by atoms with E-state index in [0.29, 0.717) is 12.6 Å². The van der Waals surface area contributed by atoms with Crippen molar-refractivity contribution >= 4 is 5.95 Å². The summed E-state index contributed by atoms with van der Waals surface area (Å²) in [6.45, 7) is 9.26. The van der Waals surface area contributed by atoms with Gasteiger partial charge in [-0.3, -0.25) is 0 Å². The van der Waals surface area contributed by atoms with Gasteiger partial charge in [0, 0.05) is 25.4 Å². The zero-order valence-electron chi connectivity index (χ0n) is 11.7. The van der Waals surface area contributed by atoms with Gasteiger partial charge in [0.1, 0.15) is 0 Å². The maximum Gasteiger partial charge on any atom is 0.203 e. The van der Waals surface area contributed by atoms with E-state index in [2.05, 4.69) is 41.8 Å². The average Bonchev–Trinajstić information content (AvgIpc) is 2.60. The van der Waals surface area contributed by atoms with E-state index in [1.807, 2.05) is 6.92 Å². The van der Waals surface area contributed by atoms with Crippen LogP contribution in [0, 0.1) is 6.92 Å². The number of nitrogens with one attached hydrogen (secondary N) is 1. The molecule has 17 heavy (non-hydrogen) atoms. The Morgan fingerprint density at radius 1 is 1.47 bits per heavy atom. The van der Waals surface area contributed by atoms with Gasteiger partial charge in [0.25, 0.3) is 0 Å². The number of ether oxygens (including phenoxy) is 1. The molecular formula is C13H25N3O. The van der Waals surface area contributed by atoms with E-state index >= 15 is 0 Å². The minimum Gasteiger partial charge on any atom is -0.383 e. The Hall–Kier alpha value is -1.03. The molecular weight excluding hydrogens is 214 g/mol. The number of methoxy groups -OCH3 is 1. The molecule has 4 heteroatoms. The Balaban J connectivity index is 2.76. The fraction of sp³-hybridized carbons (Fsp3) is 0.769. The molecule has 0 radical (unpaired) electrons. The van der Waals surface area contributed by atoms with Crippen molar-refractivity contribution in [1.82, 2.24) is 9.55 Å². The van der Waals surface area contributed by atoms with Crippen molar-refractivity contribution in [3.8, 4) is 0 Å². The number of aryl methyl sites for hydroxylation is 1. The van der Waals surface area contributed by atoms with Gasteiger partial charge in [0.15, 0.2) is 0 Å². The zero-order chi connectivity index (χ0) is 12.8. The topological polar surface area (TPSA) is 39.1 Å². The van der Waals surface area contributed by atoms with Gasteiger partial charge in [-0.15, -0.1) is 0 Å². The first-order valence-electron chi connectivity index (χ1n) is 6.39. The van der Waals surface area contributed by atoms with Crippen LogP contribution in [0.25, 0.3) is 0 Å². The lowest BCUT2D eigenvalue weighted by Gasteiger charge is -2.19. The third kappa shape index (κ3) is 4.04. The molecule has 0 aliphatic rings. The van der Waals surface area contributed by atoms with Crippen molar-refractivity contribution in [2.24, 2.45) is 0 Å². The SMILES string of the molecule is CCCC(C)n1cc(C)nc1NC(C)COC. The Labute approximate surface area is 104 Å². The Kier molecular flexibility index (Phi) is 5.48. The lowest BCUT2D eigenvalue weighted by molar-refractivity contribution is 0.190. The molecule has 0 bridgehead atoms. The minimum absolute atomic E-state index is 0.273. The number of nitrogens with zero attached hydrogens (tertiary/aromatic N) is 2. The second-order valence-corrected chi connectivity index (χ2v) is 4.75. The van der Waals surface area contributed by atoms with Crippen molar-refractivity contribution < 1.29 is 4.74 Å². The molecule has 98 valence electrons. The molecule has 0 saturated carbocycles. The summed E-state index contributed by atoms with van der Waals surface area (Å²) >= 11 is 0. The van der Waals surface area contributed by atoms with E-state index in [1.165, 1.54) is 12.8 Å². The third-order valence-corrected chi connectivity index (χ3v) is 2.83. The highest BCUT2D eigenvalue weighted by Gasteiger charge is 2.13. The van der Waals surface area contributed by atoms with Crippen LogP contribution in [0.4, 0.5) is 5.95 Å². The number of imidazole rings is 1. The molecule has 1 heterocycles. The highest BCUT2D eigenvalue weighted by molar-refractivity contribution is 5.30. The number of hydrogen-bond acceptors (Lipinski definition) is 3. The number of rotatable bonds is 7. The lowest BCUT2D eigenvalue weighted by Crippen LogP contribution is -2.23. The minimum atomic E-state index is 0.273. The molecule has 2 atom stereocenters. The quantitative estimate of drug-likeness (QED) is 0.795. The molecule has 0 amide bonds. The number of aromatic nitrogens is 2. The summed E-state index contributed by atoms with van der Waals surface area (Å²) in [5, 5.41) is 3.40. The second kappa shape index (κ2) is 6.64. The van der Waals surface area contributed by atoms with Crippen LogP contribution in [-0.4, -0.2) is 29.3 Å². The Bertz CT molecular complexity index is 335. The predicted octanol–water partition coefficient (Wildman–Crippen LogP) is 3.00. The van der Waals surface area contributed by atoms with Gasteiger partial charge in [-0.2, -0.15) is 0 Å². The standard InChI is InChI=1S/C13H25N3O/c1-6-7-12(4)16-8-10(2)14-13(16)15-11(3)9-17-5/h8,11-12H,6-7,9H2,1-5H3,(H,14,15). The van der Waals surface area contributed by atoms with Gasteiger partial charge in [-0.1, -0.05) is 13.3 Å². The summed E-state index contributed by atoms with van der Waals surface area (Å²) < 4.78 is 7.36. The number of anilines is 1. The van der Waals surface area contributed by atoms with Gasteiger partial charge >= 0.3 is 0 Å². The van der Waals surface area contributed by atoms with Crippen molar-refractivity contribution in [3.05, 3.63) is 11.9 Å². The Morgan fingerprint density at radius 3 is 2.76 bits per heavy atom. The highest BCUT2D eigenvalue weighted by Crippen LogP contribution is 2.20. The first-order chi connectivity index (χ1) is 8.08. The summed E-state index contributed by atoms with van der Waals surface area (Å²) in [5.41, 5.74) is 1.06. The van der Waals surface area contributed by atoms with Crippen molar-refractivity contribution in [2.45, 2.75) is 52.6 Å². The largest absolute Gasteiger partial charge is 0.383 e. The van der Waals surface area contributed by atoms with Crippen LogP contribution in [-0.2, 0) is 4.74 Å². The molecule has 4 nitrogen and oxygen atoms in total.